The molecular formula is C8H16N12O2. The Morgan fingerprint density at radius 3 is 1.27 bits per heavy atom. The number of nitrogens with one attached hydrogen (secondary N) is 1. The molecule has 0 aliphatic heterocycles. The van der Waals surface area contributed by atoms with Gasteiger partial charge in [0.15, 0.2) is 0 Å². The average molecular weight is 312 g/mol. The lowest BCUT2D eigenvalue weighted by Crippen LogP contribution is -2.09. The molecule has 14 nitrogen and oxygen atoms in total. The summed E-state index contributed by atoms with van der Waals surface area (Å²) in [6, 6.07) is 0. The number of carbonyl (C=O) groups is 1. The molecule has 0 bridgehead atoms. The second kappa shape index (κ2) is 9.37. The summed E-state index contributed by atoms with van der Waals surface area (Å²) in [6.45, 7) is 1.73. The minimum atomic E-state index is -0.275. The molecule has 2 heterocycles. The Morgan fingerprint density at radius 2 is 1.00 bits per heavy atom. The first-order valence-electron chi connectivity index (χ1n) is 5.34. The van der Waals surface area contributed by atoms with E-state index in [0.29, 0.717) is 0 Å². The van der Waals surface area contributed by atoms with Crippen LogP contribution in [0.2, 0.25) is 0 Å². The van der Waals surface area contributed by atoms with Crippen LogP contribution in [-0.2, 0) is 4.79 Å². The SMILES string of the molecule is C=O.Nc1nc(N)nc(N)n1.Nc1nc(N)nc(NCO)n1. The molecule has 0 amide bonds. The van der Waals surface area contributed by atoms with Crippen LogP contribution in [0.5, 0.6) is 0 Å². The number of aliphatic hydroxyl groups excluding tert-OH is 1. The minimum Gasteiger partial charge on any atom is -0.376 e. The van der Waals surface area contributed by atoms with Gasteiger partial charge in [-0.05, 0) is 0 Å². The molecule has 22 heavy (non-hydrogen) atoms. The van der Waals surface area contributed by atoms with Crippen LogP contribution in [0.3, 0.4) is 0 Å². The quantitative estimate of drug-likeness (QED) is 0.270. The molecule has 0 saturated heterocycles. The Balaban J connectivity index is 0.000000366. The van der Waals surface area contributed by atoms with Gasteiger partial charge in [-0.1, -0.05) is 0 Å². The third kappa shape index (κ3) is 7.14. The van der Waals surface area contributed by atoms with Gasteiger partial charge in [-0.3, -0.25) is 0 Å². The molecule has 0 saturated carbocycles. The summed E-state index contributed by atoms with van der Waals surface area (Å²) >= 11 is 0. The zero-order chi connectivity index (χ0) is 17.1. The summed E-state index contributed by atoms with van der Waals surface area (Å²) in [7, 11) is 0. The number of hydrogen-bond donors (Lipinski definition) is 7. The molecule has 2 aromatic rings. The standard InChI is InChI=1S/C4H8N6O.C3H6N6.CH2O/c5-2-8-3(6)10-4(9-2)7-1-11;4-1-7-2(5)9-3(6)8-1;1-2/h11H,1H2,(H5,5,6,7,8,9,10);(H6,4,5,6,7,8,9);1H2. The van der Waals surface area contributed by atoms with Gasteiger partial charge in [0.1, 0.15) is 13.5 Å². The molecule has 2 rings (SSSR count). The Morgan fingerprint density at radius 1 is 0.727 bits per heavy atom. The monoisotopic (exact) mass is 312 g/mol. The van der Waals surface area contributed by atoms with Gasteiger partial charge in [-0.25, -0.2) is 0 Å². The van der Waals surface area contributed by atoms with E-state index in [9.17, 15) is 0 Å². The van der Waals surface area contributed by atoms with Crippen LogP contribution in [0.4, 0.5) is 35.7 Å². The van der Waals surface area contributed by atoms with Gasteiger partial charge >= 0.3 is 0 Å². The fourth-order valence-electron chi connectivity index (χ4n) is 0.986. The number of nitrogens with zero attached hydrogens (tertiary/aromatic N) is 6. The van der Waals surface area contributed by atoms with Gasteiger partial charge in [0, 0.05) is 0 Å². The van der Waals surface area contributed by atoms with Crippen LogP contribution in [0, 0.1) is 0 Å². The number of hydrogen-bond acceptors (Lipinski definition) is 14. The van der Waals surface area contributed by atoms with Crippen LogP contribution in [-0.4, -0.2) is 48.5 Å². The van der Waals surface area contributed by atoms with Crippen LogP contribution >= 0.6 is 0 Å². The highest BCUT2D eigenvalue weighted by Crippen LogP contribution is 2.01. The van der Waals surface area contributed by atoms with E-state index in [0.717, 1.165) is 0 Å². The van der Waals surface area contributed by atoms with Crippen molar-refractivity contribution in [3.63, 3.8) is 0 Å². The van der Waals surface area contributed by atoms with Crippen molar-refractivity contribution in [3.8, 4) is 0 Å². The number of carbonyl (C=O) groups excluding carboxylic acids is 1. The Bertz CT molecular complexity index is 523. The van der Waals surface area contributed by atoms with Gasteiger partial charge in [0.05, 0.1) is 0 Å². The van der Waals surface area contributed by atoms with Crippen molar-refractivity contribution in [2.24, 2.45) is 0 Å². The smallest absolute Gasteiger partial charge is 0.231 e. The van der Waals surface area contributed by atoms with E-state index in [1.807, 2.05) is 6.79 Å². The van der Waals surface area contributed by atoms with E-state index < -0.39 is 0 Å². The van der Waals surface area contributed by atoms with Crippen molar-refractivity contribution in [1.82, 2.24) is 29.9 Å². The molecule has 0 fully saturated rings. The average Bonchev–Trinajstić information content (AvgIpc) is 2.39. The van der Waals surface area contributed by atoms with E-state index in [1.165, 1.54) is 0 Å². The fraction of sp³-hybridized carbons (Fsp3) is 0.125. The van der Waals surface area contributed by atoms with Crippen LogP contribution in [0.25, 0.3) is 0 Å². The number of aromatic nitrogens is 6. The first-order valence-corrected chi connectivity index (χ1v) is 5.34. The van der Waals surface area contributed by atoms with Gasteiger partial charge < -0.3 is 43.9 Å². The van der Waals surface area contributed by atoms with E-state index in [4.69, 9.17) is 38.6 Å². The predicted octanol–water partition coefficient (Wildman–Crippen LogP) is -3.17. The molecule has 0 aliphatic carbocycles. The maximum atomic E-state index is 8.41. The van der Waals surface area contributed by atoms with Crippen molar-refractivity contribution in [2.45, 2.75) is 0 Å². The lowest BCUT2D eigenvalue weighted by atomic mass is 10.8. The lowest BCUT2D eigenvalue weighted by Gasteiger charge is -2.00. The summed E-state index contributed by atoms with van der Waals surface area (Å²) in [4.78, 5) is 29.2. The largest absolute Gasteiger partial charge is 0.376 e. The summed E-state index contributed by atoms with van der Waals surface area (Å²) in [5.41, 5.74) is 25.9. The lowest BCUT2D eigenvalue weighted by molar-refractivity contribution is -0.0979. The van der Waals surface area contributed by atoms with Crippen molar-refractivity contribution >= 4 is 42.5 Å². The summed E-state index contributed by atoms with van der Waals surface area (Å²) in [5.74, 6) is 0.333. The normalized spacial score (nSPS) is 8.77. The first-order chi connectivity index (χ1) is 10.4. The molecule has 0 radical (unpaired) electrons. The van der Waals surface area contributed by atoms with Crippen LogP contribution < -0.4 is 34.0 Å². The topological polar surface area (TPSA) is 257 Å². The number of rotatable bonds is 2. The van der Waals surface area contributed by atoms with Gasteiger partial charge in [0.25, 0.3) is 0 Å². The van der Waals surface area contributed by atoms with Crippen molar-refractivity contribution < 1.29 is 9.90 Å². The fourth-order valence-corrected chi connectivity index (χ4v) is 0.986. The summed E-state index contributed by atoms with van der Waals surface area (Å²) in [5, 5.41) is 10.8. The number of nitrogens with two attached hydrogens (primary N) is 5. The zero-order valence-electron chi connectivity index (χ0n) is 11.3. The molecule has 12 N–H and O–H groups in total. The molecule has 0 atom stereocenters. The highest BCUT2D eigenvalue weighted by molar-refractivity contribution is 5.36. The van der Waals surface area contributed by atoms with Gasteiger partial charge in [-0.15, -0.1) is 0 Å². The summed E-state index contributed by atoms with van der Waals surface area (Å²) in [6.07, 6.45) is 0. The maximum Gasteiger partial charge on any atom is 0.231 e. The number of aliphatic hydroxyl groups is 1. The zero-order valence-corrected chi connectivity index (χ0v) is 11.3. The second-order valence-corrected chi connectivity index (χ2v) is 3.12. The van der Waals surface area contributed by atoms with E-state index in [2.05, 4.69) is 35.2 Å². The molecular weight excluding hydrogens is 296 g/mol. The van der Waals surface area contributed by atoms with E-state index in [-0.39, 0.29) is 42.4 Å². The van der Waals surface area contributed by atoms with Gasteiger partial charge in [-0.2, -0.15) is 29.9 Å². The number of anilines is 6. The van der Waals surface area contributed by atoms with Crippen LogP contribution in [0.1, 0.15) is 0 Å². The van der Waals surface area contributed by atoms with Crippen LogP contribution in [0.15, 0.2) is 0 Å². The Labute approximate surface area is 124 Å². The second-order valence-electron chi connectivity index (χ2n) is 3.12. The minimum absolute atomic E-state index is 0.0217. The highest BCUT2D eigenvalue weighted by Gasteiger charge is 1.98. The Hall–Kier alpha value is -3.55. The molecule has 0 aromatic carbocycles. The third-order valence-electron chi connectivity index (χ3n) is 1.59. The molecule has 0 spiro atoms. The maximum absolute atomic E-state index is 8.41. The van der Waals surface area contributed by atoms with Crippen molar-refractivity contribution in [2.75, 3.05) is 40.7 Å². The highest BCUT2D eigenvalue weighted by atomic mass is 16.3. The Kier molecular flexibility index (Phi) is 7.86. The third-order valence-corrected chi connectivity index (χ3v) is 1.59. The van der Waals surface area contributed by atoms with E-state index >= 15 is 0 Å². The molecule has 0 unspecified atom stereocenters. The number of nitrogen functional groups attached to an aromatic ring is 5. The summed E-state index contributed by atoms with van der Waals surface area (Å²) < 4.78 is 0. The molecule has 120 valence electrons. The van der Waals surface area contributed by atoms with Gasteiger partial charge in [0.2, 0.25) is 35.7 Å². The molecule has 2 aromatic heterocycles. The van der Waals surface area contributed by atoms with Crippen molar-refractivity contribution in [3.05, 3.63) is 0 Å². The molecule has 14 heteroatoms. The predicted molar refractivity (Wildman–Crippen MR) is 79.5 cm³/mol. The van der Waals surface area contributed by atoms with Crippen molar-refractivity contribution in [1.29, 1.82) is 0 Å². The van der Waals surface area contributed by atoms with E-state index in [1.54, 1.807) is 0 Å². The first kappa shape index (κ1) is 18.4. The molecule has 0 aliphatic rings.